The standard InChI is InChI=1S/C17H25N3O3/c1-19(2)15-5-12-9-20(10-13(12)6-16(15)23-3)17(22)11-4-14(21)8-18-7-11/h4,7-8,12-13,15-16,21H,5-6,9-10H2,1-3H3/t12-,13+,15-,16-/m1/s1. The van der Waals surface area contributed by atoms with Crippen molar-refractivity contribution in [2.24, 2.45) is 11.8 Å². The SMILES string of the molecule is CO[C@@H]1C[C@H]2CN(C(=O)c3cncc(O)c3)C[C@H]2C[C@H]1N(C)C. The number of methoxy groups -OCH3 is 1. The second kappa shape index (κ2) is 6.45. The Hall–Kier alpha value is -1.66. The molecule has 3 rings (SSSR count). The largest absolute Gasteiger partial charge is 0.506 e. The number of aromatic nitrogens is 1. The number of carbonyl (C=O) groups is 1. The first-order valence-corrected chi connectivity index (χ1v) is 8.12. The Morgan fingerprint density at radius 3 is 2.61 bits per heavy atom. The van der Waals surface area contributed by atoms with Crippen LogP contribution in [0.5, 0.6) is 5.75 Å². The molecule has 1 saturated heterocycles. The van der Waals surface area contributed by atoms with Crippen LogP contribution in [-0.4, -0.2) is 72.2 Å². The Bertz CT molecular complexity index is 578. The summed E-state index contributed by atoms with van der Waals surface area (Å²) < 4.78 is 5.68. The molecule has 1 saturated carbocycles. The Kier molecular flexibility index (Phi) is 4.55. The van der Waals surface area contributed by atoms with Crippen molar-refractivity contribution in [1.82, 2.24) is 14.8 Å². The van der Waals surface area contributed by atoms with Crippen LogP contribution in [0.25, 0.3) is 0 Å². The number of likely N-dealkylation sites (tertiary alicyclic amines) is 1. The molecule has 23 heavy (non-hydrogen) atoms. The smallest absolute Gasteiger partial charge is 0.255 e. The van der Waals surface area contributed by atoms with E-state index in [-0.39, 0.29) is 17.8 Å². The average molecular weight is 319 g/mol. The summed E-state index contributed by atoms with van der Waals surface area (Å²) in [6.07, 6.45) is 5.13. The minimum atomic E-state index is -0.0434. The summed E-state index contributed by atoms with van der Waals surface area (Å²) in [5, 5.41) is 9.52. The van der Waals surface area contributed by atoms with E-state index in [2.05, 4.69) is 24.0 Å². The Morgan fingerprint density at radius 2 is 2.00 bits per heavy atom. The Labute approximate surface area is 137 Å². The van der Waals surface area contributed by atoms with Gasteiger partial charge in [-0.3, -0.25) is 9.78 Å². The molecule has 6 heteroatoms. The van der Waals surface area contributed by atoms with Gasteiger partial charge in [-0.2, -0.15) is 0 Å². The number of pyridine rings is 1. The van der Waals surface area contributed by atoms with Gasteiger partial charge in [-0.05, 0) is 44.8 Å². The number of hydrogen-bond acceptors (Lipinski definition) is 5. The number of likely N-dealkylation sites (N-methyl/N-ethyl adjacent to an activating group) is 1. The fraction of sp³-hybridized carbons (Fsp3) is 0.647. The van der Waals surface area contributed by atoms with E-state index in [1.54, 1.807) is 7.11 Å². The van der Waals surface area contributed by atoms with E-state index in [9.17, 15) is 9.90 Å². The third kappa shape index (κ3) is 3.19. The molecule has 0 aromatic carbocycles. The molecule has 0 bridgehead atoms. The molecular formula is C17H25N3O3. The van der Waals surface area contributed by atoms with E-state index < -0.39 is 0 Å². The van der Waals surface area contributed by atoms with Crippen LogP contribution in [0.3, 0.4) is 0 Å². The highest BCUT2D eigenvalue weighted by molar-refractivity contribution is 5.94. The second-order valence-corrected chi connectivity index (χ2v) is 6.94. The normalized spacial score (nSPS) is 30.5. The monoisotopic (exact) mass is 319 g/mol. The van der Waals surface area contributed by atoms with Crippen LogP contribution in [0.15, 0.2) is 18.5 Å². The van der Waals surface area contributed by atoms with Crippen LogP contribution >= 0.6 is 0 Å². The van der Waals surface area contributed by atoms with Gasteiger partial charge in [0.2, 0.25) is 0 Å². The predicted molar refractivity (Wildman–Crippen MR) is 86.3 cm³/mol. The summed E-state index contributed by atoms with van der Waals surface area (Å²) >= 11 is 0. The summed E-state index contributed by atoms with van der Waals surface area (Å²) in [6, 6.07) is 1.89. The molecule has 1 aromatic rings. The second-order valence-electron chi connectivity index (χ2n) is 6.94. The van der Waals surface area contributed by atoms with Crippen molar-refractivity contribution in [2.75, 3.05) is 34.3 Å². The minimum absolute atomic E-state index is 0.0274. The van der Waals surface area contributed by atoms with Crippen molar-refractivity contribution in [1.29, 1.82) is 0 Å². The molecule has 2 fully saturated rings. The van der Waals surface area contributed by atoms with E-state index in [4.69, 9.17) is 4.74 Å². The quantitative estimate of drug-likeness (QED) is 0.907. The van der Waals surface area contributed by atoms with E-state index >= 15 is 0 Å². The summed E-state index contributed by atoms with van der Waals surface area (Å²) in [5.41, 5.74) is 0.455. The van der Waals surface area contributed by atoms with Gasteiger partial charge in [-0.15, -0.1) is 0 Å². The van der Waals surface area contributed by atoms with Crippen LogP contribution in [0, 0.1) is 11.8 Å². The zero-order valence-electron chi connectivity index (χ0n) is 14.0. The number of carbonyl (C=O) groups excluding carboxylic acids is 1. The zero-order chi connectivity index (χ0) is 16.6. The molecule has 1 amide bonds. The van der Waals surface area contributed by atoms with Gasteiger partial charge in [0.1, 0.15) is 5.75 Å². The molecule has 2 aliphatic rings. The highest BCUT2D eigenvalue weighted by atomic mass is 16.5. The van der Waals surface area contributed by atoms with E-state index in [0.717, 1.165) is 25.9 Å². The maximum atomic E-state index is 12.6. The summed E-state index contributed by atoms with van der Waals surface area (Å²) in [6.45, 7) is 1.54. The molecule has 0 unspecified atom stereocenters. The molecule has 0 radical (unpaired) electrons. The van der Waals surface area contributed by atoms with Crippen molar-refractivity contribution >= 4 is 5.91 Å². The number of aromatic hydroxyl groups is 1. The van der Waals surface area contributed by atoms with Gasteiger partial charge in [-0.1, -0.05) is 0 Å². The molecule has 126 valence electrons. The third-order valence-corrected chi connectivity index (χ3v) is 5.31. The first-order chi connectivity index (χ1) is 11.0. The lowest BCUT2D eigenvalue weighted by Crippen LogP contribution is -2.47. The fourth-order valence-corrected chi connectivity index (χ4v) is 4.08. The van der Waals surface area contributed by atoms with Crippen LogP contribution in [0.1, 0.15) is 23.2 Å². The zero-order valence-corrected chi connectivity index (χ0v) is 14.0. The molecule has 1 N–H and O–H groups in total. The van der Waals surface area contributed by atoms with Crippen LogP contribution in [0.4, 0.5) is 0 Å². The molecule has 1 aromatic heterocycles. The molecule has 2 heterocycles. The topological polar surface area (TPSA) is 65.9 Å². The number of rotatable bonds is 3. The summed E-state index contributed by atoms with van der Waals surface area (Å²) in [4.78, 5) is 20.7. The van der Waals surface area contributed by atoms with Gasteiger partial charge in [0.05, 0.1) is 17.9 Å². The summed E-state index contributed by atoms with van der Waals surface area (Å²) in [5.74, 6) is 0.992. The van der Waals surface area contributed by atoms with Gasteiger partial charge in [-0.25, -0.2) is 0 Å². The Morgan fingerprint density at radius 1 is 1.30 bits per heavy atom. The highest BCUT2D eigenvalue weighted by Crippen LogP contribution is 2.39. The lowest BCUT2D eigenvalue weighted by Gasteiger charge is -2.40. The van der Waals surface area contributed by atoms with Gasteiger partial charge in [0.25, 0.3) is 5.91 Å². The molecule has 6 nitrogen and oxygen atoms in total. The average Bonchev–Trinajstić information content (AvgIpc) is 2.95. The van der Waals surface area contributed by atoms with Crippen LogP contribution in [-0.2, 0) is 4.74 Å². The maximum Gasteiger partial charge on any atom is 0.255 e. The minimum Gasteiger partial charge on any atom is -0.506 e. The number of fused-ring (bicyclic) bond motifs is 1. The lowest BCUT2D eigenvalue weighted by molar-refractivity contribution is -0.0209. The predicted octanol–water partition coefficient (Wildman–Crippen LogP) is 1.21. The molecule has 1 aliphatic carbocycles. The van der Waals surface area contributed by atoms with E-state index in [1.165, 1.54) is 18.5 Å². The molecule has 4 atom stereocenters. The van der Waals surface area contributed by atoms with Crippen molar-refractivity contribution in [3.8, 4) is 5.75 Å². The van der Waals surface area contributed by atoms with Gasteiger partial charge in [0, 0.05) is 32.4 Å². The first kappa shape index (κ1) is 16.2. The number of hydrogen-bond donors (Lipinski definition) is 1. The molecular weight excluding hydrogens is 294 g/mol. The van der Waals surface area contributed by atoms with Crippen LogP contribution in [0.2, 0.25) is 0 Å². The first-order valence-electron chi connectivity index (χ1n) is 8.12. The molecule has 1 aliphatic heterocycles. The lowest BCUT2D eigenvalue weighted by atomic mass is 9.77. The summed E-state index contributed by atoms with van der Waals surface area (Å²) in [7, 11) is 5.96. The number of amides is 1. The van der Waals surface area contributed by atoms with Crippen molar-refractivity contribution in [3.05, 3.63) is 24.0 Å². The van der Waals surface area contributed by atoms with Gasteiger partial charge >= 0.3 is 0 Å². The van der Waals surface area contributed by atoms with Crippen LogP contribution < -0.4 is 0 Å². The third-order valence-electron chi connectivity index (χ3n) is 5.31. The number of nitrogens with zero attached hydrogens (tertiary/aromatic N) is 3. The number of ether oxygens (including phenoxy) is 1. The van der Waals surface area contributed by atoms with E-state index in [1.807, 2.05) is 4.90 Å². The maximum absolute atomic E-state index is 12.6. The molecule has 0 spiro atoms. The van der Waals surface area contributed by atoms with Gasteiger partial charge < -0.3 is 19.6 Å². The van der Waals surface area contributed by atoms with Gasteiger partial charge in [0.15, 0.2) is 0 Å². The fourth-order valence-electron chi connectivity index (χ4n) is 4.08. The van der Waals surface area contributed by atoms with Crippen molar-refractivity contribution in [3.63, 3.8) is 0 Å². The van der Waals surface area contributed by atoms with Crippen molar-refractivity contribution < 1.29 is 14.6 Å². The highest BCUT2D eigenvalue weighted by Gasteiger charge is 2.44. The Balaban J connectivity index is 1.71. The van der Waals surface area contributed by atoms with E-state index in [0.29, 0.717) is 23.4 Å². The van der Waals surface area contributed by atoms with Crippen molar-refractivity contribution in [2.45, 2.75) is 25.0 Å².